The smallest absolute Gasteiger partial charge is 0.133 e. The minimum atomic E-state index is -0.328. The Labute approximate surface area is 114 Å². The number of hydrogen-bond acceptors (Lipinski definition) is 2. The average molecular weight is 312 g/mol. The van der Waals surface area contributed by atoms with Gasteiger partial charge in [-0.15, -0.1) is 0 Å². The van der Waals surface area contributed by atoms with Gasteiger partial charge in [-0.3, -0.25) is 4.68 Å². The zero-order chi connectivity index (χ0) is 13.3. The molecule has 0 radical (unpaired) electrons. The second-order valence-corrected chi connectivity index (χ2v) is 5.21. The first kappa shape index (κ1) is 13.1. The van der Waals surface area contributed by atoms with Crippen LogP contribution in [0.15, 0.2) is 28.9 Å². The van der Waals surface area contributed by atoms with E-state index in [1.54, 1.807) is 23.0 Å². The summed E-state index contributed by atoms with van der Waals surface area (Å²) in [5.74, 6) is -0.328. The van der Waals surface area contributed by atoms with Crippen molar-refractivity contribution in [3.05, 3.63) is 34.7 Å². The maximum atomic E-state index is 13.9. The zero-order valence-corrected chi connectivity index (χ0v) is 11.9. The molecule has 1 heterocycles. The predicted molar refractivity (Wildman–Crippen MR) is 74.7 cm³/mol. The fourth-order valence-electron chi connectivity index (χ4n) is 1.71. The van der Waals surface area contributed by atoms with E-state index in [9.17, 15) is 4.39 Å². The van der Waals surface area contributed by atoms with Gasteiger partial charge in [0.15, 0.2) is 0 Å². The molecule has 2 rings (SSSR count). The monoisotopic (exact) mass is 311 g/mol. The number of halogens is 2. The summed E-state index contributed by atoms with van der Waals surface area (Å²) in [5, 5.41) is 4.38. The Hall–Kier alpha value is -1.36. The van der Waals surface area contributed by atoms with E-state index in [4.69, 9.17) is 5.73 Å². The topological polar surface area (TPSA) is 43.8 Å². The molecule has 18 heavy (non-hydrogen) atoms. The molecule has 1 aromatic heterocycles. The number of aromatic nitrogens is 2. The molecule has 5 heteroatoms. The van der Waals surface area contributed by atoms with E-state index in [0.717, 1.165) is 6.42 Å². The Morgan fingerprint density at radius 1 is 1.50 bits per heavy atom. The number of rotatable bonds is 3. The SMILES string of the molecule is CCC(C)n1cc(N)c(-c2ccc(Br)cc2F)n1. The van der Waals surface area contributed by atoms with Crippen molar-refractivity contribution in [3.63, 3.8) is 0 Å². The van der Waals surface area contributed by atoms with Crippen molar-refractivity contribution in [3.8, 4) is 11.3 Å². The summed E-state index contributed by atoms with van der Waals surface area (Å²) >= 11 is 3.23. The number of nitrogens with two attached hydrogens (primary N) is 1. The summed E-state index contributed by atoms with van der Waals surface area (Å²) in [6, 6.07) is 5.12. The molecule has 96 valence electrons. The molecule has 1 aromatic carbocycles. The standard InChI is InChI=1S/C13H15BrFN3/c1-3-8(2)18-7-12(16)13(17-18)10-5-4-9(14)6-11(10)15/h4-8H,3,16H2,1-2H3. The Balaban J connectivity index is 2.47. The third kappa shape index (κ3) is 2.41. The van der Waals surface area contributed by atoms with Gasteiger partial charge in [0.2, 0.25) is 0 Å². The van der Waals surface area contributed by atoms with Gasteiger partial charge >= 0.3 is 0 Å². The highest BCUT2D eigenvalue weighted by Gasteiger charge is 2.14. The average Bonchev–Trinajstić information content (AvgIpc) is 2.70. The van der Waals surface area contributed by atoms with Crippen LogP contribution in [0.25, 0.3) is 11.3 Å². The largest absolute Gasteiger partial charge is 0.396 e. The molecule has 0 aliphatic rings. The minimum absolute atomic E-state index is 0.250. The lowest BCUT2D eigenvalue weighted by molar-refractivity contribution is 0.479. The highest BCUT2D eigenvalue weighted by molar-refractivity contribution is 9.10. The normalized spacial score (nSPS) is 12.7. The number of anilines is 1. The minimum Gasteiger partial charge on any atom is -0.396 e. The lowest BCUT2D eigenvalue weighted by Gasteiger charge is -2.08. The van der Waals surface area contributed by atoms with E-state index in [1.807, 2.05) is 6.92 Å². The van der Waals surface area contributed by atoms with Crippen LogP contribution in [0, 0.1) is 5.82 Å². The van der Waals surface area contributed by atoms with Crippen molar-refractivity contribution in [1.29, 1.82) is 0 Å². The van der Waals surface area contributed by atoms with Crippen LogP contribution in [0.3, 0.4) is 0 Å². The van der Waals surface area contributed by atoms with Crippen molar-refractivity contribution >= 4 is 21.6 Å². The first-order chi connectivity index (χ1) is 8.52. The number of hydrogen-bond donors (Lipinski definition) is 1. The van der Waals surface area contributed by atoms with Crippen LogP contribution in [0.4, 0.5) is 10.1 Å². The molecule has 1 unspecified atom stereocenters. The molecule has 0 bridgehead atoms. The Morgan fingerprint density at radius 2 is 2.22 bits per heavy atom. The van der Waals surface area contributed by atoms with E-state index in [2.05, 4.69) is 28.0 Å². The highest BCUT2D eigenvalue weighted by atomic mass is 79.9. The second-order valence-electron chi connectivity index (χ2n) is 4.29. The fraction of sp³-hybridized carbons (Fsp3) is 0.308. The predicted octanol–water partition coefficient (Wildman–Crippen LogP) is 4.00. The third-order valence-electron chi connectivity index (χ3n) is 2.99. The summed E-state index contributed by atoms with van der Waals surface area (Å²) in [6.45, 7) is 4.12. The molecule has 2 N–H and O–H groups in total. The molecule has 0 aliphatic carbocycles. The summed E-state index contributed by atoms with van der Waals surface area (Å²) in [5.41, 5.74) is 7.34. The lowest BCUT2D eigenvalue weighted by atomic mass is 10.1. The molecule has 2 aromatic rings. The summed E-state index contributed by atoms with van der Waals surface area (Å²) in [7, 11) is 0. The molecular weight excluding hydrogens is 297 g/mol. The van der Waals surface area contributed by atoms with E-state index in [1.165, 1.54) is 6.07 Å². The number of benzene rings is 1. The first-order valence-corrected chi connectivity index (χ1v) is 6.62. The molecular formula is C13H15BrFN3. The Bertz CT molecular complexity index is 565. The molecule has 0 fully saturated rings. The first-order valence-electron chi connectivity index (χ1n) is 5.83. The van der Waals surface area contributed by atoms with Crippen LogP contribution in [-0.4, -0.2) is 9.78 Å². The molecule has 1 atom stereocenters. The van der Waals surface area contributed by atoms with E-state index >= 15 is 0 Å². The van der Waals surface area contributed by atoms with Crippen LogP contribution in [-0.2, 0) is 0 Å². The van der Waals surface area contributed by atoms with Gasteiger partial charge < -0.3 is 5.73 Å². The van der Waals surface area contributed by atoms with Gasteiger partial charge in [0.1, 0.15) is 11.5 Å². The van der Waals surface area contributed by atoms with Gasteiger partial charge in [-0.05, 0) is 31.5 Å². The van der Waals surface area contributed by atoms with Crippen LogP contribution >= 0.6 is 15.9 Å². The molecule has 0 spiro atoms. The van der Waals surface area contributed by atoms with E-state index < -0.39 is 0 Å². The second kappa shape index (κ2) is 5.10. The van der Waals surface area contributed by atoms with Gasteiger partial charge in [0.05, 0.1) is 5.69 Å². The fourth-order valence-corrected chi connectivity index (χ4v) is 2.04. The van der Waals surface area contributed by atoms with E-state index in [-0.39, 0.29) is 11.9 Å². The number of nitrogens with zero attached hydrogens (tertiary/aromatic N) is 2. The summed E-state index contributed by atoms with van der Waals surface area (Å²) in [4.78, 5) is 0. The van der Waals surface area contributed by atoms with Gasteiger partial charge in [0.25, 0.3) is 0 Å². The lowest BCUT2D eigenvalue weighted by Crippen LogP contribution is -2.04. The van der Waals surface area contributed by atoms with Crippen molar-refractivity contribution < 1.29 is 4.39 Å². The summed E-state index contributed by atoms with van der Waals surface area (Å²) in [6.07, 6.45) is 2.70. The Morgan fingerprint density at radius 3 is 2.83 bits per heavy atom. The third-order valence-corrected chi connectivity index (χ3v) is 3.48. The quantitative estimate of drug-likeness (QED) is 0.931. The van der Waals surface area contributed by atoms with Crippen LogP contribution in [0.2, 0.25) is 0 Å². The molecule has 0 amide bonds. The van der Waals surface area contributed by atoms with Crippen LogP contribution in [0.1, 0.15) is 26.3 Å². The van der Waals surface area contributed by atoms with Crippen molar-refractivity contribution in [2.75, 3.05) is 5.73 Å². The van der Waals surface area contributed by atoms with Crippen molar-refractivity contribution in [2.24, 2.45) is 0 Å². The van der Waals surface area contributed by atoms with Crippen molar-refractivity contribution in [1.82, 2.24) is 9.78 Å². The molecule has 0 saturated heterocycles. The summed E-state index contributed by atoms with van der Waals surface area (Å²) < 4.78 is 16.4. The van der Waals surface area contributed by atoms with Gasteiger partial charge in [-0.1, -0.05) is 22.9 Å². The van der Waals surface area contributed by atoms with E-state index in [0.29, 0.717) is 21.4 Å². The van der Waals surface area contributed by atoms with Gasteiger partial charge in [-0.2, -0.15) is 5.10 Å². The number of nitrogen functional groups attached to an aromatic ring is 1. The highest BCUT2D eigenvalue weighted by Crippen LogP contribution is 2.29. The molecule has 3 nitrogen and oxygen atoms in total. The van der Waals surface area contributed by atoms with Crippen LogP contribution in [0.5, 0.6) is 0 Å². The molecule has 0 aliphatic heterocycles. The van der Waals surface area contributed by atoms with Gasteiger partial charge in [-0.25, -0.2) is 4.39 Å². The maximum Gasteiger partial charge on any atom is 0.133 e. The van der Waals surface area contributed by atoms with Crippen molar-refractivity contribution in [2.45, 2.75) is 26.3 Å². The van der Waals surface area contributed by atoms with Gasteiger partial charge in [0, 0.05) is 22.3 Å². The maximum absolute atomic E-state index is 13.9. The Kier molecular flexibility index (Phi) is 3.71. The molecule has 0 saturated carbocycles. The van der Waals surface area contributed by atoms with Crippen LogP contribution < -0.4 is 5.73 Å². The zero-order valence-electron chi connectivity index (χ0n) is 10.3.